The van der Waals surface area contributed by atoms with Crippen LogP contribution in [0.5, 0.6) is 0 Å². The summed E-state index contributed by atoms with van der Waals surface area (Å²) < 4.78 is 2.23. The highest BCUT2D eigenvalue weighted by Gasteiger charge is 2.11. The Bertz CT molecular complexity index is 965. The van der Waals surface area contributed by atoms with Crippen LogP contribution in [0.3, 0.4) is 0 Å². The van der Waals surface area contributed by atoms with Crippen molar-refractivity contribution in [1.29, 1.82) is 0 Å². The van der Waals surface area contributed by atoms with Crippen LogP contribution in [-0.4, -0.2) is 14.5 Å². The SMILES string of the molecule is CCc1cn(Cc2cccc3ccccc23)c(-c2cccnc2)n1. The molecule has 118 valence electrons. The molecule has 0 N–H and O–H groups in total. The van der Waals surface area contributed by atoms with Gasteiger partial charge in [0.05, 0.1) is 5.69 Å². The third-order valence-electron chi connectivity index (χ3n) is 4.33. The first kappa shape index (κ1) is 14.6. The lowest BCUT2D eigenvalue weighted by atomic mass is 10.0. The minimum absolute atomic E-state index is 0.804. The Labute approximate surface area is 141 Å². The number of fused-ring (bicyclic) bond motifs is 1. The van der Waals surface area contributed by atoms with E-state index in [1.807, 2.05) is 12.3 Å². The van der Waals surface area contributed by atoms with E-state index in [4.69, 9.17) is 4.98 Å². The lowest BCUT2D eigenvalue weighted by molar-refractivity contribution is 0.810. The van der Waals surface area contributed by atoms with E-state index in [2.05, 4.69) is 71.2 Å². The van der Waals surface area contributed by atoms with Crippen LogP contribution in [0.1, 0.15) is 18.2 Å². The fraction of sp³-hybridized carbons (Fsp3) is 0.143. The Morgan fingerprint density at radius 2 is 1.83 bits per heavy atom. The largest absolute Gasteiger partial charge is 0.326 e. The van der Waals surface area contributed by atoms with Gasteiger partial charge in [-0.3, -0.25) is 4.98 Å². The summed E-state index contributed by atoms with van der Waals surface area (Å²) in [6.07, 6.45) is 6.75. The fourth-order valence-electron chi connectivity index (χ4n) is 3.10. The van der Waals surface area contributed by atoms with Crippen LogP contribution in [0.2, 0.25) is 0 Å². The first-order chi connectivity index (χ1) is 11.8. The average Bonchev–Trinajstić information content (AvgIpc) is 3.06. The topological polar surface area (TPSA) is 30.7 Å². The maximum atomic E-state index is 4.80. The van der Waals surface area contributed by atoms with Crippen LogP contribution < -0.4 is 0 Å². The monoisotopic (exact) mass is 313 g/mol. The molecular weight excluding hydrogens is 294 g/mol. The first-order valence-electron chi connectivity index (χ1n) is 8.28. The Hall–Kier alpha value is -2.94. The third kappa shape index (κ3) is 2.69. The molecule has 4 rings (SSSR count). The Balaban J connectivity index is 1.81. The van der Waals surface area contributed by atoms with Gasteiger partial charge in [-0.25, -0.2) is 4.98 Å². The molecule has 0 atom stereocenters. The summed E-state index contributed by atoms with van der Waals surface area (Å²) >= 11 is 0. The van der Waals surface area contributed by atoms with Gasteiger partial charge in [0.2, 0.25) is 0 Å². The van der Waals surface area contributed by atoms with E-state index in [1.165, 1.54) is 16.3 Å². The van der Waals surface area contributed by atoms with Gasteiger partial charge >= 0.3 is 0 Å². The molecule has 2 heterocycles. The van der Waals surface area contributed by atoms with Crippen molar-refractivity contribution in [3.8, 4) is 11.4 Å². The second kappa shape index (κ2) is 6.28. The molecule has 2 aromatic heterocycles. The Morgan fingerprint density at radius 3 is 2.67 bits per heavy atom. The summed E-state index contributed by atoms with van der Waals surface area (Å²) in [6, 6.07) is 19.0. The molecule has 0 bridgehead atoms. The van der Waals surface area contributed by atoms with Crippen molar-refractivity contribution >= 4 is 10.8 Å². The van der Waals surface area contributed by atoms with E-state index in [0.717, 1.165) is 30.0 Å². The molecule has 0 saturated heterocycles. The van der Waals surface area contributed by atoms with Crippen LogP contribution in [0.25, 0.3) is 22.2 Å². The molecule has 0 radical (unpaired) electrons. The molecule has 4 aromatic rings. The van der Waals surface area contributed by atoms with Crippen LogP contribution >= 0.6 is 0 Å². The smallest absolute Gasteiger partial charge is 0.142 e. The quantitative estimate of drug-likeness (QED) is 0.546. The molecule has 0 saturated carbocycles. The number of aromatic nitrogens is 3. The van der Waals surface area contributed by atoms with Crippen molar-refractivity contribution in [3.63, 3.8) is 0 Å². The predicted octanol–water partition coefficient (Wildman–Crippen LogP) is 4.71. The van der Waals surface area contributed by atoms with Crippen molar-refractivity contribution in [2.45, 2.75) is 19.9 Å². The molecule has 3 heteroatoms. The number of hydrogen-bond acceptors (Lipinski definition) is 2. The van der Waals surface area contributed by atoms with E-state index in [1.54, 1.807) is 6.20 Å². The van der Waals surface area contributed by atoms with E-state index >= 15 is 0 Å². The minimum Gasteiger partial charge on any atom is -0.326 e. The maximum absolute atomic E-state index is 4.80. The summed E-state index contributed by atoms with van der Waals surface area (Å²) in [7, 11) is 0. The number of benzene rings is 2. The van der Waals surface area contributed by atoms with Crippen LogP contribution in [0, 0.1) is 0 Å². The summed E-state index contributed by atoms with van der Waals surface area (Å²) in [4.78, 5) is 9.04. The van der Waals surface area contributed by atoms with Crippen LogP contribution in [0.4, 0.5) is 0 Å². The van der Waals surface area contributed by atoms with E-state index < -0.39 is 0 Å². The molecule has 0 amide bonds. The van der Waals surface area contributed by atoms with Gasteiger partial charge in [-0.15, -0.1) is 0 Å². The fourth-order valence-corrected chi connectivity index (χ4v) is 3.10. The highest BCUT2D eigenvalue weighted by Crippen LogP contribution is 2.23. The average molecular weight is 313 g/mol. The second-order valence-electron chi connectivity index (χ2n) is 5.92. The van der Waals surface area contributed by atoms with Crippen molar-refractivity contribution in [2.75, 3.05) is 0 Å². The summed E-state index contributed by atoms with van der Waals surface area (Å²) in [5.41, 5.74) is 3.46. The number of hydrogen-bond donors (Lipinski definition) is 0. The minimum atomic E-state index is 0.804. The van der Waals surface area contributed by atoms with Crippen molar-refractivity contribution in [3.05, 3.63) is 84.4 Å². The zero-order valence-corrected chi connectivity index (χ0v) is 13.7. The highest BCUT2D eigenvalue weighted by molar-refractivity contribution is 5.85. The first-order valence-corrected chi connectivity index (χ1v) is 8.28. The lowest BCUT2D eigenvalue weighted by Gasteiger charge is -2.10. The molecule has 0 unspecified atom stereocenters. The Kier molecular flexibility index (Phi) is 3.83. The third-order valence-corrected chi connectivity index (χ3v) is 4.33. The van der Waals surface area contributed by atoms with Gasteiger partial charge in [0.1, 0.15) is 5.82 Å². The van der Waals surface area contributed by atoms with Gasteiger partial charge in [-0.2, -0.15) is 0 Å². The molecule has 3 nitrogen and oxygen atoms in total. The number of imidazole rings is 1. The van der Waals surface area contributed by atoms with Crippen molar-refractivity contribution in [2.24, 2.45) is 0 Å². The Morgan fingerprint density at radius 1 is 0.958 bits per heavy atom. The number of rotatable bonds is 4. The summed E-state index contributed by atoms with van der Waals surface area (Å²) in [5, 5.41) is 2.57. The van der Waals surface area contributed by atoms with Crippen LogP contribution in [0.15, 0.2) is 73.2 Å². The van der Waals surface area contributed by atoms with E-state index in [0.29, 0.717) is 0 Å². The lowest BCUT2D eigenvalue weighted by Crippen LogP contribution is -2.02. The predicted molar refractivity (Wildman–Crippen MR) is 97.9 cm³/mol. The zero-order chi connectivity index (χ0) is 16.4. The summed E-state index contributed by atoms with van der Waals surface area (Å²) in [6.45, 7) is 2.94. The van der Waals surface area contributed by atoms with Crippen LogP contribution in [-0.2, 0) is 13.0 Å². The van der Waals surface area contributed by atoms with E-state index in [-0.39, 0.29) is 0 Å². The number of aryl methyl sites for hydroxylation is 1. The van der Waals surface area contributed by atoms with Gasteiger partial charge in [-0.05, 0) is 34.9 Å². The van der Waals surface area contributed by atoms with Gasteiger partial charge < -0.3 is 4.57 Å². The van der Waals surface area contributed by atoms with Gasteiger partial charge in [-0.1, -0.05) is 49.4 Å². The molecule has 0 spiro atoms. The van der Waals surface area contributed by atoms with Gasteiger partial charge in [0.25, 0.3) is 0 Å². The maximum Gasteiger partial charge on any atom is 0.142 e. The number of pyridine rings is 1. The molecule has 0 fully saturated rings. The highest BCUT2D eigenvalue weighted by atomic mass is 15.1. The molecule has 24 heavy (non-hydrogen) atoms. The van der Waals surface area contributed by atoms with Crippen molar-refractivity contribution in [1.82, 2.24) is 14.5 Å². The standard InChI is InChI=1S/C21H19N3/c1-2-19-15-24(21(23-19)17-10-6-12-22-13-17)14-18-9-5-8-16-7-3-4-11-20(16)18/h3-13,15H,2,14H2,1H3. The zero-order valence-electron chi connectivity index (χ0n) is 13.7. The second-order valence-corrected chi connectivity index (χ2v) is 5.92. The van der Waals surface area contributed by atoms with Gasteiger partial charge in [0, 0.05) is 30.7 Å². The normalized spacial score (nSPS) is 11.0. The molecule has 0 aliphatic carbocycles. The summed E-state index contributed by atoms with van der Waals surface area (Å²) in [5.74, 6) is 0.980. The van der Waals surface area contributed by atoms with E-state index in [9.17, 15) is 0 Å². The molecule has 0 aliphatic rings. The van der Waals surface area contributed by atoms with Crippen molar-refractivity contribution < 1.29 is 0 Å². The van der Waals surface area contributed by atoms with Gasteiger partial charge in [0.15, 0.2) is 0 Å². The molecular formula is C21H19N3. The number of nitrogens with zero attached hydrogens (tertiary/aromatic N) is 3. The molecule has 2 aromatic carbocycles. The molecule has 0 aliphatic heterocycles.